The minimum atomic E-state index is -3.04. The third-order valence-electron chi connectivity index (χ3n) is 3.52. The maximum absolute atomic E-state index is 12.0. The van der Waals surface area contributed by atoms with Crippen molar-refractivity contribution >= 4 is 10.0 Å². The Kier molecular flexibility index (Phi) is 3.05. The highest BCUT2D eigenvalue weighted by Gasteiger charge is 2.40. The first-order chi connectivity index (χ1) is 7.01. The number of hydrogen-bond donors (Lipinski definition) is 1. The van der Waals surface area contributed by atoms with E-state index in [4.69, 9.17) is 0 Å². The van der Waals surface area contributed by atoms with Gasteiger partial charge < -0.3 is 5.32 Å². The lowest BCUT2D eigenvalue weighted by Gasteiger charge is -2.24. The molecule has 4 nitrogen and oxygen atoms in total. The van der Waals surface area contributed by atoms with Crippen molar-refractivity contribution in [1.29, 1.82) is 0 Å². The molecule has 0 amide bonds. The summed E-state index contributed by atoms with van der Waals surface area (Å²) in [7, 11) is -3.04. The van der Waals surface area contributed by atoms with Gasteiger partial charge in [-0.05, 0) is 39.2 Å². The van der Waals surface area contributed by atoms with Gasteiger partial charge in [0, 0.05) is 19.1 Å². The van der Waals surface area contributed by atoms with E-state index in [0.717, 1.165) is 13.1 Å². The predicted octanol–water partition coefficient (Wildman–Crippen LogP) is 0.408. The largest absolute Gasteiger partial charge is 0.312 e. The Labute approximate surface area is 92.1 Å². The summed E-state index contributed by atoms with van der Waals surface area (Å²) in [5.41, 5.74) is 0. The first kappa shape index (κ1) is 11.4. The Hall–Kier alpha value is -0.130. The second kappa shape index (κ2) is 4.03. The van der Waals surface area contributed by atoms with E-state index in [9.17, 15) is 8.42 Å². The Balaban J connectivity index is 2.09. The van der Waals surface area contributed by atoms with Crippen LogP contribution in [0.2, 0.25) is 0 Å². The summed E-state index contributed by atoms with van der Waals surface area (Å²) in [5, 5.41) is 3.12. The van der Waals surface area contributed by atoms with Crippen molar-refractivity contribution in [2.24, 2.45) is 5.92 Å². The molecule has 0 aromatic heterocycles. The molecule has 2 unspecified atom stereocenters. The van der Waals surface area contributed by atoms with Crippen LogP contribution in [0, 0.1) is 5.92 Å². The lowest BCUT2D eigenvalue weighted by Crippen LogP contribution is -2.41. The van der Waals surface area contributed by atoms with Crippen LogP contribution in [0.1, 0.15) is 26.7 Å². The second-order valence-electron chi connectivity index (χ2n) is 4.87. The van der Waals surface area contributed by atoms with Gasteiger partial charge in [0.25, 0.3) is 0 Å². The number of rotatable bonds is 2. The quantitative estimate of drug-likeness (QED) is 0.750. The normalized spacial score (nSPS) is 33.3. The standard InChI is InChI=1S/C10H20N2O2S/c1-8(2)15(13,14)12-6-9-4-3-5-11-10(9)7-12/h8-11H,3-7H2,1-2H3. The first-order valence-corrected chi connectivity index (χ1v) is 7.24. The molecule has 15 heavy (non-hydrogen) atoms. The molecule has 0 bridgehead atoms. The van der Waals surface area contributed by atoms with E-state index in [2.05, 4.69) is 5.32 Å². The Morgan fingerprint density at radius 2 is 2.07 bits per heavy atom. The van der Waals surface area contributed by atoms with E-state index in [1.807, 2.05) is 0 Å². The molecule has 1 N–H and O–H groups in total. The predicted molar refractivity (Wildman–Crippen MR) is 60.1 cm³/mol. The molecule has 2 saturated heterocycles. The number of sulfonamides is 1. The highest BCUT2D eigenvalue weighted by atomic mass is 32.2. The van der Waals surface area contributed by atoms with Crippen LogP contribution in [0.4, 0.5) is 0 Å². The number of hydrogen-bond acceptors (Lipinski definition) is 3. The summed E-state index contributed by atoms with van der Waals surface area (Å²) >= 11 is 0. The molecule has 5 heteroatoms. The molecule has 2 heterocycles. The van der Waals surface area contributed by atoms with E-state index in [1.165, 1.54) is 12.8 Å². The minimum Gasteiger partial charge on any atom is -0.312 e. The highest BCUT2D eigenvalue weighted by molar-refractivity contribution is 7.89. The van der Waals surface area contributed by atoms with Crippen LogP contribution in [0.3, 0.4) is 0 Å². The minimum absolute atomic E-state index is 0.294. The fourth-order valence-electron chi connectivity index (χ4n) is 2.51. The zero-order chi connectivity index (χ0) is 11.1. The van der Waals surface area contributed by atoms with E-state index in [1.54, 1.807) is 18.2 Å². The molecule has 0 aromatic carbocycles. The smallest absolute Gasteiger partial charge is 0.216 e. The summed E-state index contributed by atoms with van der Waals surface area (Å²) < 4.78 is 25.6. The van der Waals surface area contributed by atoms with Gasteiger partial charge in [0.15, 0.2) is 0 Å². The van der Waals surface area contributed by atoms with Gasteiger partial charge in [0.05, 0.1) is 5.25 Å². The Morgan fingerprint density at radius 1 is 1.33 bits per heavy atom. The van der Waals surface area contributed by atoms with Crippen molar-refractivity contribution in [1.82, 2.24) is 9.62 Å². The number of fused-ring (bicyclic) bond motifs is 1. The highest BCUT2D eigenvalue weighted by Crippen LogP contribution is 2.27. The van der Waals surface area contributed by atoms with Gasteiger partial charge >= 0.3 is 0 Å². The molecule has 0 saturated carbocycles. The van der Waals surface area contributed by atoms with E-state index in [-0.39, 0.29) is 5.25 Å². The topological polar surface area (TPSA) is 49.4 Å². The van der Waals surface area contributed by atoms with E-state index >= 15 is 0 Å². The number of nitrogens with zero attached hydrogens (tertiary/aromatic N) is 1. The van der Waals surface area contributed by atoms with Crippen LogP contribution >= 0.6 is 0 Å². The molecule has 0 radical (unpaired) electrons. The molecule has 0 aliphatic carbocycles. The van der Waals surface area contributed by atoms with E-state index in [0.29, 0.717) is 18.5 Å². The van der Waals surface area contributed by atoms with Crippen molar-refractivity contribution in [3.63, 3.8) is 0 Å². The molecular formula is C10H20N2O2S. The molecule has 2 aliphatic rings. The van der Waals surface area contributed by atoms with Gasteiger partial charge in [-0.15, -0.1) is 0 Å². The van der Waals surface area contributed by atoms with Crippen molar-refractivity contribution in [2.45, 2.75) is 38.0 Å². The summed E-state index contributed by atoms with van der Waals surface area (Å²) in [6.07, 6.45) is 2.35. The lowest BCUT2D eigenvalue weighted by molar-refractivity contribution is 0.339. The molecule has 2 rings (SSSR count). The molecule has 2 fully saturated rings. The summed E-state index contributed by atoms with van der Waals surface area (Å²) in [6, 6.07) is 0.396. The van der Waals surface area contributed by atoms with Crippen molar-refractivity contribution in [2.75, 3.05) is 19.6 Å². The van der Waals surface area contributed by atoms with Gasteiger partial charge in [-0.2, -0.15) is 4.31 Å². The third-order valence-corrected chi connectivity index (χ3v) is 5.73. The van der Waals surface area contributed by atoms with Gasteiger partial charge in [-0.1, -0.05) is 0 Å². The zero-order valence-corrected chi connectivity index (χ0v) is 10.3. The van der Waals surface area contributed by atoms with Crippen LogP contribution in [-0.4, -0.2) is 43.6 Å². The van der Waals surface area contributed by atoms with Gasteiger partial charge in [0.2, 0.25) is 10.0 Å². The summed E-state index contributed by atoms with van der Waals surface area (Å²) in [4.78, 5) is 0. The molecule has 0 aromatic rings. The van der Waals surface area contributed by atoms with Crippen LogP contribution in [-0.2, 0) is 10.0 Å². The molecule has 2 aliphatic heterocycles. The number of nitrogens with one attached hydrogen (secondary N) is 1. The zero-order valence-electron chi connectivity index (χ0n) is 9.44. The fraction of sp³-hybridized carbons (Fsp3) is 1.00. The third kappa shape index (κ3) is 2.05. The van der Waals surface area contributed by atoms with Crippen LogP contribution in [0.5, 0.6) is 0 Å². The van der Waals surface area contributed by atoms with Crippen molar-refractivity contribution < 1.29 is 8.42 Å². The summed E-state index contributed by atoms with van der Waals surface area (Å²) in [6.45, 7) is 5.94. The molecule has 88 valence electrons. The fourth-order valence-corrected chi connectivity index (χ4v) is 3.88. The van der Waals surface area contributed by atoms with E-state index < -0.39 is 10.0 Å². The SMILES string of the molecule is CC(C)S(=O)(=O)N1CC2CCCNC2C1. The Bertz CT molecular complexity index is 312. The van der Waals surface area contributed by atoms with Crippen molar-refractivity contribution in [3.8, 4) is 0 Å². The average molecular weight is 232 g/mol. The van der Waals surface area contributed by atoms with Crippen LogP contribution in [0.25, 0.3) is 0 Å². The molecule has 2 atom stereocenters. The van der Waals surface area contributed by atoms with Crippen molar-refractivity contribution in [3.05, 3.63) is 0 Å². The van der Waals surface area contributed by atoms with Crippen LogP contribution in [0.15, 0.2) is 0 Å². The lowest BCUT2D eigenvalue weighted by atomic mass is 9.94. The van der Waals surface area contributed by atoms with Crippen LogP contribution < -0.4 is 5.32 Å². The number of piperidine rings is 1. The summed E-state index contributed by atoms with van der Waals surface area (Å²) in [5.74, 6) is 0.535. The molecular weight excluding hydrogens is 212 g/mol. The van der Waals surface area contributed by atoms with Gasteiger partial charge in [0.1, 0.15) is 0 Å². The second-order valence-corrected chi connectivity index (χ2v) is 7.36. The maximum Gasteiger partial charge on any atom is 0.216 e. The maximum atomic E-state index is 12.0. The average Bonchev–Trinajstić information content (AvgIpc) is 2.61. The van der Waals surface area contributed by atoms with Gasteiger partial charge in [-0.3, -0.25) is 0 Å². The Morgan fingerprint density at radius 3 is 2.67 bits per heavy atom. The molecule has 0 spiro atoms. The van der Waals surface area contributed by atoms with Gasteiger partial charge in [-0.25, -0.2) is 8.42 Å². The monoisotopic (exact) mass is 232 g/mol. The first-order valence-electron chi connectivity index (χ1n) is 5.74.